The van der Waals surface area contributed by atoms with Crippen LogP contribution in [-0.4, -0.2) is 51.3 Å². The molecule has 46 heavy (non-hydrogen) atoms. The Morgan fingerprint density at radius 3 is 2.37 bits per heavy atom. The number of amides is 4. The van der Waals surface area contributed by atoms with E-state index in [9.17, 15) is 29.1 Å². The number of anilines is 1. The van der Waals surface area contributed by atoms with E-state index in [4.69, 9.17) is 5.11 Å². The van der Waals surface area contributed by atoms with Crippen molar-refractivity contribution in [3.63, 3.8) is 0 Å². The zero-order chi connectivity index (χ0) is 32.3. The molecule has 4 aliphatic rings. The predicted molar refractivity (Wildman–Crippen MR) is 169 cm³/mol. The van der Waals surface area contributed by atoms with Gasteiger partial charge in [0.2, 0.25) is 23.6 Å². The van der Waals surface area contributed by atoms with Gasteiger partial charge in [-0.1, -0.05) is 66.6 Å². The maximum atomic E-state index is 14.6. The molecule has 4 amide bonds. The molecule has 2 aliphatic heterocycles. The van der Waals surface area contributed by atoms with Crippen LogP contribution in [0.3, 0.4) is 0 Å². The zero-order valence-corrected chi connectivity index (χ0v) is 25.6. The molecule has 2 aliphatic carbocycles. The van der Waals surface area contributed by atoms with Gasteiger partial charge in [0, 0.05) is 24.4 Å². The number of unbranched alkanes of at least 4 members (excludes halogenated alkanes) is 2. The highest BCUT2D eigenvalue weighted by molar-refractivity contribution is 6.24. The zero-order valence-electron chi connectivity index (χ0n) is 25.6. The van der Waals surface area contributed by atoms with Crippen LogP contribution in [0.15, 0.2) is 78.4 Å². The SMILES string of the molecule is C[C@@]12C(=O)N(c3ccccc3)C(=O)[C@@H]1C[C@@H]1C(=CC[C@@H]3C(=O)N(CCCCCC(=O)O)C(=O)[C@@H]31)[C@@H]2c1c(O)ccc2ccccc12. The molecule has 3 fully saturated rings. The number of nitrogens with zero attached hydrogens (tertiary/aromatic N) is 2. The summed E-state index contributed by atoms with van der Waals surface area (Å²) in [6.45, 7) is 2.04. The molecule has 0 spiro atoms. The summed E-state index contributed by atoms with van der Waals surface area (Å²) in [5, 5.41) is 22.1. The van der Waals surface area contributed by atoms with Gasteiger partial charge in [-0.15, -0.1) is 0 Å². The first-order chi connectivity index (χ1) is 22.1. The molecule has 0 bridgehead atoms. The summed E-state index contributed by atoms with van der Waals surface area (Å²) < 4.78 is 0. The maximum absolute atomic E-state index is 14.6. The number of carboxylic acids is 1. The van der Waals surface area contributed by atoms with E-state index >= 15 is 0 Å². The van der Waals surface area contributed by atoms with Crippen molar-refractivity contribution in [3.05, 3.63) is 83.9 Å². The summed E-state index contributed by atoms with van der Waals surface area (Å²) in [4.78, 5) is 70.1. The van der Waals surface area contributed by atoms with Crippen LogP contribution < -0.4 is 4.90 Å². The number of benzene rings is 3. The van der Waals surface area contributed by atoms with Gasteiger partial charge in [0.15, 0.2) is 0 Å². The number of aromatic hydroxyl groups is 1. The topological polar surface area (TPSA) is 132 Å². The molecule has 2 saturated heterocycles. The van der Waals surface area contributed by atoms with Crippen molar-refractivity contribution >= 4 is 46.1 Å². The lowest BCUT2D eigenvalue weighted by Gasteiger charge is -2.49. The molecule has 3 aromatic carbocycles. The van der Waals surface area contributed by atoms with Gasteiger partial charge in [0.05, 0.1) is 28.9 Å². The number of likely N-dealkylation sites (tertiary alicyclic amines) is 1. The van der Waals surface area contributed by atoms with E-state index in [-0.39, 0.29) is 48.8 Å². The van der Waals surface area contributed by atoms with Crippen LogP contribution in [-0.2, 0) is 24.0 Å². The molecule has 3 aromatic rings. The number of hydrogen-bond acceptors (Lipinski definition) is 6. The monoisotopic (exact) mass is 620 g/mol. The number of imide groups is 2. The van der Waals surface area contributed by atoms with Gasteiger partial charge < -0.3 is 10.2 Å². The van der Waals surface area contributed by atoms with Crippen molar-refractivity contribution in [2.75, 3.05) is 11.4 Å². The summed E-state index contributed by atoms with van der Waals surface area (Å²) in [5.41, 5.74) is 0.611. The number of fused-ring (bicyclic) bond motifs is 5. The second kappa shape index (κ2) is 11.2. The Bertz CT molecular complexity index is 1820. The van der Waals surface area contributed by atoms with Gasteiger partial charge >= 0.3 is 5.97 Å². The second-order valence-corrected chi connectivity index (χ2v) is 13.2. The molecule has 1 saturated carbocycles. The van der Waals surface area contributed by atoms with Crippen LogP contribution in [0.25, 0.3) is 10.8 Å². The normalized spacial score (nSPS) is 28.7. The van der Waals surface area contributed by atoms with E-state index in [1.165, 1.54) is 9.80 Å². The molecule has 2 heterocycles. The lowest BCUT2D eigenvalue weighted by atomic mass is 9.51. The Hall–Kier alpha value is -4.79. The van der Waals surface area contributed by atoms with E-state index in [0.717, 1.165) is 16.3 Å². The van der Waals surface area contributed by atoms with Gasteiger partial charge in [-0.25, -0.2) is 4.90 Å². The largest absolute Gasteiger partial charge is 0.508 e. The minimum Gasteiger partial charge on any atom is -0.508 e. The minimum absolute atomic E-state index is 0.0163. The third-order valence-electron chi connectivity index (χ3n) is 10.9. The summed E-state index contributed by atoms with van der Waals surface area (Å²) in [7, 11) is 0. The molecule has 236 valence electrons. The molecule has 2 N–H and O–H groups in total. The predicted octanol–water partition coefficient (Wildman–Crippen LogP) is 5.42. The average molecular weight is 621 g/mol. The van der Waals surface area contributed by atoms with E-state index in [0.29, 0.717) is 36.9 Å². The molecule has 0 aromatic heterocycles. The van der Waals surface area contributed by atoms with Gasteiger partial charge in [-0.05, 0) is 67.5 Å². The number of aliphatic carboxylic acids is 1. The van der Waals surface area contributed by atoms with Gasteiger partial charge in [0.1, 0.15) is 5.75 Å². The van der Waals surface area contributed by atoms with Crippen molar-refractivity contribution in [2.24, 2.45) is 29.1 Å². The van der Waals surface area contributed by atoms with Crippen molar-refractivity contribution in [1.29, 1.82) is 0 Å². The van der Waals surface area contributed by atoms with Crippen molar-refractivity contribution in [2.45, 2.75) is 51.4 Å². The van der Waals surface area contributed by atoms with E-state index in [1.807, 2.05) is 49.4 Å². The summed E-state index contributed by atoms with van der Waals surface area (Å²) in [5.74, 6) is -5.25. The number of carbonyl (C=O) groups excluding carboxylic acids is 4. The fourth-order valence-electron chi connectivity index (χ4n) is 8.74. The molecular weight excluding hydrogens is 584 g/mol. The van der Waals surface area contributed by atoms with Crippen LogP contribution in [0, 0.1) is 29.1 Å². The van der Waals surface area contributed by atoms with Gasteiger partial charge in [0.25, 0.3) is 0 Å². The fourth-order valence-corrected chi connectivity index (χ4v) is 8.74. The molecule has 9 nitrogen and oxygen atoms in total. The highest BCUT2D eigenvalue weighted by atomic mass is 16.4. The fraction of sp³-hybridized carbons (Fsp3) is 0.378. The van der Waals surface area contributed by atoms with E-state index in [1.54, 1.807) is 30.3 Å². The van der Waals surface area contributed by atoms with Crippen LogP contribution in [0.4, 0.5) is 5.69 Å². The van der Waals surface area contributed by atoms with Gasteiger partial charge in [-0.3, -0.25) is 28.9 Å². The van der Waals surface area contributed by atoms with Crippen molar-refractivity contribution < 1.29 is 34.2 Å². The second-order valence-electron chi connectivity index (χ2n) is 13.2. The molecular formula is C37H36N2O7. The Labute approximate surface area is 266 Å². The Kier molecular flexibility index (Phi) is 7.30. The third kappa shape index (κ3) is 4.39. The summed E-state index contributed by atoms with van der Waals surface area (Å²) in [6.07, 6.45) is 4.16. The third-order valence-corrected chi connectivity index (χ3v) is 10.9. The number of phenols is 1. The number of rotatable bonds is 8. The van der Waals surface area contributed by atoms with E-state index < -0.39 is 41.0 Å². The Morgan fingerprint density at radius 2 is 1.61 bits per heavy atom. The summed E-state index contributed by atoms with van der Waals surface area (Å²) in [6, 6.07) is 19.9. The minimum atomic E-state index is -1.25. The number of hydrogen-bond donors (Lipinski definition) is 2. The lowest BCUT2D eigenvalue weighted by molar-refractivity contribution is -0.141. The van der Waals surface area contributed by atoms with E-state index in [2.05, 4.69) is 0 Å². The maximum Gasteiger partial charge on any atom is 0.303 e. The van der Waals surface area contributed by atoms with Crippen LogP contribution in [0.1, 0.15) is 56.9 Å². The first kappa shape index (κ1) is 29.9. The number of allylic oxidation sites excluding steroid dienone is 2. The lowest BCUT2D eigenvalue weighted by Crippen LogP contribution is -2.49. The van der Waals surface area contributed by atoms with Crippen LogP contribution in [0.5, 0.6) is 5.75 Å². The molecule has 7 rings (SSSR count). The number of para-hydroxylation sites is 1. The number of phenolic OH excluding ortho intramolecular Hbond substituents is 1. The standard InChI is InChI=1S/C37H36N2O7/c1-37-27(34(44)39(36(37)46)22-11-4-2-5-12-22)20-26-24(32(37)31-23-13-8-7-10-21(23)15-18-28(31)40)16-17-25-30(26)35(45)38(33(25)43)19-9-3-6-14-29(41)42/h2,4-5,7-8,10-13,15-16,18,25-27,30,32,40H,3,6,9,14,17,19-20H2,1H3,(H,41,42)/t25-,26+,27-,30-,32+,37+/m0/s1. The van der Waals surface area contributed by atoms with Gasteiger partial charge in [-0.2, -0.15) is 0 Å². The summed E-state index contributed by atoms with van der Waals surface area (Å²) >= 11 is 0. The Morgan fingerprint density at radius 1 is 0.870 bits per heavy atom. The molecule has 0 unspecified atom stereocenters. The van der Waals surface area contributed by atoms with Crippen LogP contribution >= 0.6 is 0 Å². The number of carbonyl (C=O) groups is 5. The van der Waals surface area contributed by atoms with Crippen LogP contribution in [0.2, 0.25) is 0 Å². The highest BCUT2D eigenvalue weighted by Gasteiger charge is 2.68. The highest BCUT2D eigenvalue weighted by Crippen LogP contribution is 2.65. The average Bonchev–Trinajstić information content (AvgIpc) is 3.41. The first-order valence-corrected chi connectivity index (χ1v) is 16.1. The molecule has 6 atom stereocenters. The molecule has 9 heteroatoms. The van der Waals surface area contributed by atoms with Crippen molar-refractivity contribution in [3.8, 4) is 5.75 Å². The van der Waals surface area contributed by atoms with Crippen molar-refractivity contribution in [1.82, 2.24) is 4.90 Å². The quantitative estimate of drug-likeness (QED) is 0.195. The number of carboxylic acid groups (broad SMARTS) is 1. The first-order valence-electron chi connectivity index (χ1n) is 16.1. The molecule has 0 radical (unpaired) electrons. The Balaban J connectivity index is 1.33. The smallest absolute Gasteiger partial charge is 0.303 e.